The molecule has 0 saturated carbocycles. The molecule has 0 atom stereocenters. The number of hydrogen-bond donors (Lipinski definition) is 0. The summed E-state index contributed by atoms with van der Waals surface area (Å²) in [7, 11) is 0. The van der Waals surface area contributed by atoms with Crippen molar-refractivity contribution in [3.05, 3.63) is 64.8 Å². The Kier molecular flexibility index (Phi) is 3.22. The Morgan fingerprint density at radius 2 is 1.84 bits per heavy atom. The molecule has 1 heterocycles. The molecule has 2 aromatic carbocycles. The zero-order valence-electron chi connectivity index (χ0n) is 10.4. The summed E-state index contributed by atoms with van der Waals surface area (Å²) < 4.78 is 6.98. The first-order chi connectivity index (χ1) is 9.22. The van der Waals surface area contributed by atoms with Gasteiger partial charge >= 0.3 is 0 Å². The lowest BCUT2D eigenvalue weighted by Gasteiger charge is -2.10. The van der Waals surface area contributed by atoms with Crippen molar-refractivity contribution >= 4 is 26.8 Å². The number of aryl methyl sites for hydroxylation is 1. The van der Waals surface area contributed by atoms with Gasteiger partial charge in [-0.25, -0.2) is 0 Å². The third-order valence-electron chi connectivity index (χ3n) is 2.83. The van der Waals surface area contributed by atoms with E-state index in [4.69, 9.17) is 4.74 Å². The lowest BCUT2D eigenvalue weighted by atomic mass is 10.2. The molecule has 0 saturated heterocycles. The van der Waals surface area contributed by atoms with Crippen LogP contribution in [0.2, 0.25) is 0 Å². The van der Waals surface area contributed by atoms with Crippen LogP contribution in [-0.2, 0) is 0 Å². The van der Waals surface area contributed by atoms with Gasteiger partial charge in [-0.05, 0) is 37.3 Å². The van der Waals surface area contributed by atoms with Crippen LogP contribution in [0.5, 0.6) is 11.5 Å². The van der Waals surface area contributed by atoms with Gasteiger partial charge in [0.25, 0.3) is 0 Å². The summed E-state index contributed by atoms with van der Waals surface area (Å²) in [5.41, 5.74) is 1.90. The maximum absolute atomic E-state index is 5.98. The number of rotatable bonds is 2. The van der Waals surface area contributed by atoms with E-state index in [9.17, 15) is 0 Å². The summed E-state index contributed by atoms with van der Waals surface area (Å²) in [6.07, 6.45) is 0. The van der Waals surface area contributed by atoms with Gasteiger partial charge in [-0.1, -0.05) is 34.1 Å². The Hall–Kier alpha value is -1.87. The second kappa shape index (κ2) is 5.02. The molecule has 0 unspecified atom stereocenters. The lowest BCUT2D eigenvalue weighted by Crippen LogP contribution is -1.90. The first kappa shape index (κ1) is 12.2. The molecule has 1 aromatic heterocycles. The van der Waals surface area contributed by atoms with Crippen molar-refractivity contribution in [1.29, 1.82) is 0 Å². The molecule has 2 nitrogen and oxygen atoms in total. The fraction of sp³-hybridized carbons (Fsp3) is 0.0625. The molecule has 0 bridgehead atoms. The molecule has 0 spiro atoms. The summed E-state index contributed by atoms with van der Waals surface area (Å²) in [4.78, 5) is 4.51. The predicted molar refractivity (Wildman–Crippen MR) is 80.7 cm³/mol. The Balaban J connectivity index is 2.09. The monoisotopic (exact) mass is 313 g/mol. The van der Waals surface area contributed by atoms with Crippen LogP contribution in [0.15, 0.2) is 59.1 Å². The molecule has 0 aliphatic carbocycles. The van der Waals surface area contributed by atoms with E-state index in [2.05, 4.69) is 20.9 Å². The van der Waals surface area contributed by atoms with Gasteiger partial charge in [-0.15, -0.1) is 0 Å². The average molecular weight is 314 g/mol. The quantitative estimate of drug-likeness (QED) is 0.656. The van der Waals surface area contributed by atoms with Gasteiger partial charge in [0.05, 0.1) is 5.52 Å². The smallest absolute Gasteiger partial charge is 0.138 e. The summed E-state index contributed by atoms with van der Waals surface area (Å²) >= 11 is 3.45. The average Bonchev–Trinajstić information content (AvgIpc) is 2.38. The summed E-state index contributed by atoms with van der Waals surface area (Å²) in [5.74, 6) is 1.64. The molecule has 0 aliphatic heterocycles. The standard InChI is InChI=1S/C16H12BrNO/c1-11-9-16(14-7-2-3-8-15(14)18-11)19-13-6-4-5-12(17)10-13/h2-10H,1H3. The number of ether oxygens (including phenoxy) is 1. The molecule has 3 rings (SSSR count). The normalized spacial score (nSPS) is 10.6. The van der Waals surface area contributed by atoms with Crippen molar-refractivity contribution in [3.8, 4) is 11.5 Å². The van der Waals surface area contributed by atoms with Gasteiger partial charge in [0.2, 0.25) is 0 Å². The van der Waals surface area contributed by atoms with E-state index in [0.717, 1.165) is 32.6 Å². The number of pyridine rings is 1. The Morgan fingerprint density at radius 1 is 1.00 bits per heavy atom. The number of hydrogen-bond acceptors (Lipinski definition) is 2. The SMILES string of the molecule is Cc1cc(Oc2cccc(Br)c2)c2ccccc2n1. The number of nitrogens with zero attached hydrogens (tertiary/aromatic N) is 1. The van der Waals surface area contributed by atoms with E-state index >= 15 is 0 Å². The zero-order chi connectivity index (χ0) is 13.2. The van der Waals surface area contributed by atoms with Crippen LogP contribution in [0, 0.1) is 6.92 Å². The Morgan fingerprint density at radius 3 is 2.68 bits per heavy atom. The van der Waals surface area contributed by atoms with E-state index in [0.29, 0.717) is 0 Å². The Bertz CT molecular complexity index is 740. The first-order valence-corrected chi connectivity index (χ1v) is 6.81. The van der Waals surface area contributed by atoms with Crippen LogP contribution >= 0.6 is 15.9 Å². The minimum atomic E-state index is 0.810. The van der Waals surface area contributed by atoms with E-state index in [1.54, 1.807) is 0 Å². The van der Waals surface area contributed by atoms with E-state index in [-0.39, 0.29) is 0 Å². The van der Waals surface area contributed by atoms with E-state index < -0.39 is 0 Å². The topological polar surface area (TPSA) is 22.1 Å². The number of halogens is 1. The highest BCUT2D eigenvalue weighted by Gasteiger charge is 2.06. The third-order valence-corrected chi connectivity index (χ3v) is 3.32. The fourth-order valence-corrected chi connectivity index (χ4v) is 2.39. The maximum Gasteiger partial charge on any atom is 0.138 e. The number of benzene rings is 2. The van der Waals surface area contributed by atoms with Crippen molar-refractivity contribution < 1.29 is 4.74 Å². The summed E-state index contributed by atoms with van der Waals surface area (Å²) in [6.45, 7) is 1.97. The van der Waals surface area contributed by atoms with Gasteiger partial charge < -0.3 is 4.74 Å². The van der Waals surface area contributed by atoms with Gasteiger partial charge in [0.1, 0.15) is 11.5 Å². The second-order valence-electron chi connectivity index (χ2n) is 4.34. The minimum absolute atomic E-state index is 0.810. The molecule has 0 fully saturated rings. The van der Waals surface area contributed by atoms with E-state index in [1.165, 1.54) is 0 Å². The second-order valence-corrected chi connectivity index (χ2v) is 5.25. The molecule has 3 aromatic rings. The molecule has 3 heteroatoms. The van der Waals surface area contributed by atoms with Gasteiger partial charge in [0, 0.05) is 21.6 Å². The lowest BCUT2D eigenvalue weighted by molar-refractivity contribution is 0.487. The van der Waals surface area contributed by atoms with Crippen LogP contribution < -0.4 is 4.74 Å². The molecular weight excluding hydrogens is 302 g/mol. The molecule has 19 heavy (non-hydrogen) atoms. The van der Waals surface area contributed by atoms with Crippen LogP contribution in [0.3, 0.4) is 0 Å². The fourth-order valence-electron chi connectivity index (χ4n) is 2.01. The largest absolute Gasteiger partial charge is 0.457 e. The van der Waals surface area contributed by atoms with Crippen molar-refractivity contribution in [2.75, 3.05) is 0 Å². The highest BCUT2D eigenvalue weighted by Crippen LogP contribution is 2.30. The van der Waals surface area contributed by atoms with Crippen molar-refractivity contribution in [1.82, 2.24) is 4.98 Å². The summed E-state index contributed by atoms with van der Waals surface area (Å²) in [6, 6.07) is 17.8. The van der Waals surface area contributed by atoms with Crippen molar-refractivity contribution in [3.63, 3.8) is 0 Å². The molecule has 94 valence electrons. The van der Waals surface area contributed by atoms with Crippen LogP contribution in [0.25, 0.3) is 10.9 Å². The van der Waals surface area contributed by atoms with Gasteiger partial charge in [0.15, 0.2) is 0 Å². The third kappa shape index (κ3) is 2.61. The number of para-hydroxylation sites is 1. The van der Waals surface area contributed by atoms with Crippen molar-refractivity contribution in [2.45, 2.75) is 6.92 Å². The van der Waals surface area contributed by atoms with E-state index in [1.807, 2.05) is 61.5 Å². The molecule has 0 aliphatic rings. The zero-order valence-corrected chi connectivity index (χ0v) is 12.0. The first-order valence-electron chi connectivity index (χ1n) is 6.02. The minimum Gasteiger partial charge on any atom is -0.457 e. The number of aromatic nitrogens is 1. The van der Waals surface area contributed by atoms with Crippen molar-refractivity contribution in [2.24, 2.45) is 0 Å². The Labute approximate surface area is 120 Å². The highest BCUT2D eigenvalue weighted by atomic mass is 79.9. The van der Waals surface area contributed by atoms with Crippen LogP contribution in [0.1, 0.15) is 5.69 Å². The molecule has 0 amide bonds. The highest BCUT2D eigenvalue weighted by molar-refractivity contribution is 9.10. The van der Waals surface area contributed by atoms with Crippen LogP contribution in [-0.4, -0.2) is 4.98 Å². The maximum atomic E-state index is 5.98. The predicted octanol–water partition coefficient (Wildman–Crippen LogP) is 5.10. The molecule has 0 radical (unpaired) electrons. The summed E-state index contributed by atoms with van der Waals surface area (Å²) in [5, 5.41) is 1.02. The van der Waals surface area contributed by atoms with Gasteiger partial charge in [-0.3, -0.25) is 4.98 Å². The van der Waals surface area contributed by atoms with Gasteiger partial charge in [-0.2, -0.15) is 0 Å². The number of fused-ring (bicyclic) bond motifs is 1. The molecular formula is C16H12BrNO. The molecule has 0 N–H and O–H groups in total. The van der Waals surface area contributed by atoms with Crippen LogP contribution in [0.4, 0.5) is 0 Å².